The second kappa shape index (κ2) is 8.68. The summed E-state index contributed by atoms with van der Waals surface area (Å²) < 4.78 is 0. The molecule has 29 heavy (non-hydrogen) atoms. The van der Waals surface area contributed by atoms with E-state index in [4.69, 9.17) is 0 Å². The van der Waals surface area contributed by atoms with Crippen molar-refractivity contribution in [1.29, 1.82) is 0 Å². The summed E-state index contributed by atoms with van der Waals surface area (Å²) in [5.74, 6) is 5.46. The molecule has 1 nitrogen and oxygen atoms in total. The number of fused-ring (bicyclic) bond motifs is 5. The van der Waals surface area contributed by atoms with E-state index in [1.807, 2.05) is 0 Å². The van der Waals surface area contributed by atoms with Gasteiger partial charge in [-0.25, -0.2) is 0 Å². The van der Waals surface area contributed by atoms with Crippen molar-refractivity contribution in [2.45, 2.75) is 111 Å². The lowest BCUT2D eigenvalue weighted by atomic mass is 9.47. The first kappa shape index (κ1) is 23.4. The highest BCUT2D eigenvalue weighted by Gasteiger charge is 2.59. The summed E-state index contributed by atoms with van der Waals surface area (Å²) >= 11 is 0. The molecule has 0 aromatic rings. The molecule has 8 atom stereocenters. The van der Waals surface area contributed by atoms with Crippen LogP contribution in [-0.2, 0) is 0 Å². The number of aliphatic hydroxyl groups is 1. The Hall–Kier alpha value is -0.300. The van der Waals surface area contributed by atoms with E-state index < -0.39 is 0 Å². The van der Waals surface area contributed by atoms with Crippen LogP contribution in [0.5, 0.6) is 0 Å². The third kappa shape index (κ3) is 3.99. The molecule has 1 heteroatoms. The molecule has 0 amide bonds. The summed E-state index contributed by atoms with van der Waals surface area (Å²) in [5.41, 5.74) is 2.60. The molecule has 0 aromatic carbocycles. The van der Waals surface area contributed by atoms with Gasteiger partial charge >= 0.3 is 0 Å². The number of hydrogen-bond donors (Lipinski definition) is 1. The van der Waals surface area contributed by atoms with Crippen molar-refractivity contribution < 1.29 is 5.11 Å². The van der Waals surface area contributed by atoms with Crippen molar-refractivity contribution in [3.8, 4) is 0 Å². The Kier molecular flexibility index (Phi) is 6.99. The first-order valence-corrected chi connectivity index (χ1v) is 12.6. The highest BCUT2D eigenvalue weighted by molar-refractivity contribution is 5.25. The topological polar surface area (TPSA) is 20.2 Å². The molecule has 4 rings (SSSR count). The monoisotopic (exact) mass is 399 g/mol. The van der Waals surface area contributed by atoms with Gasteiger partial charge in [0.15, 0.2) is 0 Å². The summed E-state index contributed by atoms with van der Waals surface area (Å²) in [4.78, 5) is 0. The maximum Gasteiger partial charge on any atom is 0.0577 e. The fraction of sp³-hybridized carbons (Fsp3) is 0.893. The lowest BCUT2D eigenvalue weighted by Gasteiger charge is -2.58. The Morgan fingerprint density at radius 3 is 2.48 bits per heavy atom. The van der Waals surface area contributed by atoms with Crippen LogP contribution >= 0.6 is 0 Å². The Labute approximate surface area is 182 Å². The predicted molar refractivity (Wildman–Crippen MR) is 123 cm³/mol. The molecule has 4 aliphatic rings. The molecule has 0 saturated heterocycles. The molecule has 1 N–H and O–H groups in total. The molecular weight excluding hydrogens is 352 g/mol. The van der Waals surface area contributed by atoms with Gasteiger partial charge in [-0.2, -0.15) is 0 Å². The van der Waals surface area contributed by atoms with Crippen LogP contribution < -0.4 is 0 Å². The van der Waals surface area contributed by atoms with E-state index >= 15 is 0 Å². The molecule has 0 aliphatic heterocycles. The summed E-state index contributed by atoms with van der Waals surface area (Å²) in [7, 11) is 0. The maximum atomic E-state index is 10.2. The molecule has 0 aromatic heterocycles. The van der Waals surface area contributed by atoms with E-state index in [1.165, 1.54) is 57.8 Å². The largest absolute Gasteiger partial charge is 0.393 e. The van der Waals surface area contributed by atoms with E-state index in [2.05, 4.69) is 40.7 Å². The van der Waals surface area contributed by atoms with Gasteiger partial charge < -0.3 is 5.11 Å². The molecule has 0 unspecified atom stereocenters. The molecule has 165 valence electrons. The van der Waals surface area contributed by atoms with Crippen LogP contribution in [0.4, 0.5) is 0 Å². The highest BCUT2D eigenvalue weighted by Crippen LogP contribution is 2.67. The molecule has 3 radical (unpaired) electrons. The van der Waals surface area contributed by atoms with Gasteiger partial charge in [0.25, 0.3) is 0 Å². The Morgan fingerprint density at radius 1 is 1.00 bits per heavy atom. The zero-order valence-electron chi connectivity index (χ0n) is 19.9. The van der Waals surface area contributed by atoms with Gasteiger partial charge in [0.2, 0.25) is 0 Å². The fourth-order valence-corrected chi connectivity index (χ4v) is 8.67. The van der Waals surface area contributed by atoms with E-state index in [9.17, 15) is 5.11 Å². The van der Waals surface area contributed by atoms with Gasteiger partial charge in [0.05, 0.1) is 6.10 Å². The summed E-state index contributed by atoms with van der Waals surface area (Å²) in [6.45, 7) is 12.6. The van der Waals surface area contributed by atoms with Gasteiger partial charge in [-0.1, -0.05) is 65.5 Å². The second-order valence-corrected chi connectivity index (χ2v) is 12.2. The molecule has 0 spiro atoms. The number of allylic oxidation sites excluding steroid dienone is 1. The highest BCUT2D eigenvalue weighted by atomic mass is 16.3. The Bertz CT molecular complexity index is 591. The normalized spacial score (nSPS) is 44.9. The fourth-order valence-electron chi connectivity index (χ4n) is 8.67. The average molecular weight is 400 g/mol. The zero-order valence-corrected chi connectivity index (χ0v) is 19.9. The van der Waals surface area contributed by atoms with E-state index in [1.54, 1.807) is 5.57 Å². The molecule has 4 aliphatic carbocycles. The molecular formula is C28H47O. The van der Waals surface area contributed by atoms with Crippen molar-refractivity contribution in [1.82, 2.24) is 0 Å². The van der Waals surface area contributed by atoms with E-state index in [0.29, 0.717) is 10.8 Å². The van der Waals surface area contributed by atoms with Crippen LogP contribution in [0.2, 0.25) is 0 Å². The molecule has 3 saturated carbocycles. The average Bonchev–Trinajstić information content (AvgIpc) is 2.99. The van der Waals surface area contributed by atoms with Crippen LogP contribution in [0.3, 0.4) is 0 Å². The zero-order chi connectivity index (χ0) is 20.1. The van der Waals surface area contributed by atoms with Crippen LogP contribution in [0, 0.1) is 53.8 Å². The summed E-state index contributed by atoms with van der Waals surface area (Å²) in [6.07, 6.45) is 17.2. The molecule has 0 bridgehead atoms. The van der Waals surface area contributed by atoms with Gasteiger partial charge in [-0.05, 0) is 105 Å². The van der Waals surface area contributed by atoms with E-state index in [-0.39, 0.29) is 13.5 Å². The van der Waals surface area contributed by atoms with E-state index in [0.717, 1.165) is 48.3 Å². The van der Waals surface area contributed by atoms with Gasteiger partial charge in [0.1, 0.15) is 0 Å². The number of aliphatic hydroxyl groups excluding tert-OH is 1. The van der Waals surface area contributed by atoms with Crippen molar-refractivity contribution in [2.24, 2.45) is 46.3 Å². The van der Waals surface area contributed by atoms with Gasteiger partial charge in [-0.3, -0.25) is 0 Å². The molecule has 0 heterocycles. The number of hydrogen-bond acceptors (Lipinski definition) is 1. The Balaban J connectivity index is 0.00000240. The second-order valence-electron chi connectivity index (χ2n) is 12.2. The third-order valence-electron chi connectivity index (χ3n) is 10.3. The Morgan fingerprint density at radius 2 is 1.76 bits per heavy atom. The van der Waals surface area contributed by atoms with Crippen molar-refractivity contribution in [3.63, 3.8) is 0 Å². The lowest BCUT2D eigenvalue weighted by molar-refractivity contribution is -0.0573. The third-order valence-corrected chi connectivity index (χ3v) is 10.3. The lowest BCUT2D eigenvalue weighted by Crippen LogP contribution is -2.50. The van der Waals surface area contributed by atoms with Gasteiger partial charge in [0, 0.05) is 0 Å². The quantitative estimate of drug-likeness (QED) is 0.472. The minimum Gasteiger partial charge on any atom is -0.393 e. The minimum atomic E-state index is -0.0766. The predicted octanol–water partition coefficient (Wildman–Crippen LogP) is 7.59. The van der Waals surface area contributed by atoms with Crippen LogP contribution in [0.15, 0.2) is 11.6 Å². The minimum absolute atomic E-state index is 0. The van der Waals surface area contributed by atoms with Crippen LogP contribution in [0.1, 0.15) is 105 Å². The maximum absolute atomic E-state index is 10.2. The smallest absolute Gasteiger partial charge is 0.0577 e. The first-order chi connectivity index (χ1) is 13.3. The first-order valence-electron chi connectivity index (χ1n) is 12.6. The van der Waals surface area contributed by atoms with Gasteiger partial charge in [-0.15, -0.1) is 0 Å². The van der Waals surface area contributed by atoms with Crippen molar-refractivity contribution >= 4 is 0 Å². The summed E-state index contributed by atoms with van der Waals surface area (Å²) in [6, 6.07) is 0. The SMILES string of the molecule is CC(C)CCC[C@@H](C)[C@H]1CC[C@H]2[C@@H]3CC=C4C[C@@H](O)CC[C@]4(C)[C@H]3CC[C@]12C.[CH]. The van der Waals surface area contributed by atoms with Crippen molar-refractivity contribution in [3.05, 3.63) is 19.1 Å². The van der Waals surface area contributed by atoms with Crippen LogP contribution in [-0.4, -0.2) is 11.2 Å². The summed E-state index contributed by atoms with van der Waals surface area (Å²) in [5, 5.41) is 10.2. The van der Waals surface area contributed by atoms with Crippen LogP contribution in [0.25, 0.3) is 0 Å². The molecule has 3 fully saturated rings. The van der Waals surface area contributed by atoms with Crippen molar-refractivity contribution in [2.75, 3.05) is 0 Å². The number of rotatable bonds is 5. The standard InChI is InChI=1S/C27H46O.CH/c1-18(2)7-6-8-19(3)23-11-12-24-22-10-9-20-17-21(28)13-15-26(20,4)25(22)14-16-27(23,24)5;/h9,18-19,21-25,28H,6-8,10-17H2,1-5H3;1H/t19-,21+,22+,23-,24+,25+,26+,27-;/m1./s1.